The minimum absolute atomic E-state index is 0.120. The Morgan fingerprint density at radius 2 is 2.12 bits per heavy atom. The lowest BCUT2D eigenvalue weighted by molar-refractivity contribution is -0.115. The third-order valence-corrected chi connectivity index (χ3v) is 6.13. The molecule has 0 aliphatic carbocycles. The number of carbonyl (C=O) groups excluding carboxylic acids is 1. The van der Waals surface area contributed by atoms with Crippen LogP contribution in [0.25, 0.3) is 10.2 Å². The third kappa shape index (κ3) is 3.77. The Bertz CT molecular complexity index is 988. The minimum atomic E-state index is -0.307. The summed E-state index contributed by atoms with van der Waals surface area (Å²) in [5, 5.41) is 3.09. The molecule has 7 nitrogen and oxygen atoms in total. The topological polar surface area (TPSA) is 104 Å². The quantitative estimate of drug-likeness (QED) is 0.634. The zero-order valence-corrected chi connectivity index (χ0v) is 16.0. The predicted octanol–water partition coefficient (Wildman–Crippen LogP) is 2.89. The maximum atomic E-state index is 12.3. The molecule has 1 atom stereocenters. The van der Waals surface area contributed by atoms with E-state index in [1.54, 1.807) is 6.20 Å². The first-order chi connectivity index (χ1) is 11.8. The molecule has 3 N–H and O–H groups in total. The highest BCUT2D eigenvalue weighted by atomic mass is 32.2. The number of rotatable bonds is 5. The Kier molecular flexibility index (Phi) is 4.96. The van der Waals surface area contributed by atoms with Gasteiger partial charge < -0.3 is 9.97 Å². The Hall–Kier alpha value is -2.13. The van der Waals surface area contributed by atoms with E-state index in [0.717, 1.165) is 21.0 Å². The lowest BCUT2D eigenvalue weighted by Crippen LogP contribution is -2.23. The van der Waals surface area contributed by atoms with Crippen LogP contribution in [0.1, 0.15) is 28.9 Å². The van der Waals surface area contributed by atoms with Crippen molar-refractivity contribution in [1.29, 1.82) is 0 Å². The van der Waals surface area contributed by atoms with Crippen molar-refractivity contribution in [1.82, 2.24) is 19.9 Å². The molecule has 25 heavy (non-hydrogen) atoms. The molecule has 0 saturated carbocycles. The smallest absolute Gasteiger partial charge is 0.259 e. The van der Waals surface area contributed by atoms with Gasteiger partial charge in [-0.1, -0.05) is 0 Å². The summed E-state index contributed by atoms with van der Waals surface area (Å²) in [6, 6.07) is 0. The molecule has 1 amide bonds. The van der Waals surface area contributed by atoms with E-state index in [0.29, 0.717) is 22.9 Å². The number of hydrogen-bond donors (Lipinski definition) is 3. The molecule has 3 aromatic rings. The standard InChI is InChI=1S/C16H19N5O2S2/c1-7-5-17-16(18-7)21-13(22)10(4)24-6-11-19-14(23)12-8(2)9(3)25-15(12)20-11/h5,10H,6H2,1-4H3,(H,19,20,23)(H2,17,18,21,22). The first-order valence-corrected chi connectivity index (χ1v) is 9.64. The van der Waals surface area contributed by atoms with E-state index >= 15 is 0 Å². The zero-order chi connectivity index (χ0) is 18.1. The number of hydrogen-bond acceptors (Lipinski definition) is 6. The van der Waals surface area contributed by atoms with E-state index in [1.165, 1.54) is 23.1 Å². The normalized spacial score (nSPS) is 12.5. The van der Waals surface area contributed by atoms with E-state index in [2.05, 4.69) is 25.3 Å². The van der Waals surface area contributed by atoms with Gasteiger partial charge in [-0.2, -0.15) is 0 Å². The molecule has 0 spiro atoms. The van der Waals surface area contributed by atoms with Crippen molar-refractivity contribution >= 4 is 45.2 Å². The van der Waals surface area contributed by atoms with Gasteiger partial charge in [0.2, 0.25) is 11.9 Å². The molecule has 0 radical (unpaired) electrons. The molecule has 0 fully saturated rings. The van der Waals surface area contributed by atoms with Gasteiger partial charge in [0.1, 0.15) is 10.7 Å². The maximum Gasteiger partial charge on any atom is 0.259 e. The zero-order valence-electron chi connectivity index (χ0n) is 14.4. The van der Waals surface area contributed by atoms with Crippen LogP contribution in [0.5, 0.6) is 0 Å². The highest BCUT2D eigenvalue weighted by molar-refractivity contribution is 7.99. The SMILES string of the molecule is Cc1cnc(NC(=O)C(C)SCc2nc3sc(C)c(C)c3c(=O)[nH]2)[nH]1. The van der Waals surface area contributed by atoms with Crippen LogP contribution in [-0.2, 0) is 10.5 Å². The van der Waals surface area contributed by atoms with Gasteiger partial charge in [0.15, 0.2) is 0 Å². The van der Waals surface area contributed by atoms with Crippen molar-refractivity contribution in [3.63, 3.8) is 0 Å². The maximum absolute atomic E-state index is 12.3. The average molecular weight is 377 g/mol. The van der Waals surface area contributed by atoms with Gasteiger partial charge in [0.25, 0.3) is 5.56 Å². The van der Waals surface area contributed by atoms with Gasteiger partial charge in [-0.15, -0.1) is 23.1 Å². The predicted molar refractivity (Wildman–Crippen MR) is 102 cm³/mol. The third-order valence-electron chi connectivity index (χ3n) is 3.87. The van der Waals surface area contributed by atoms with Crippen LogP contribution in [0.3, 0.4) is 0 Å². The molecule has 3 rings (SSSR count). The van der Waals surface area contributed by atoms with Crippen molar-refractivity contribution in [2.24, 2.45) is 0 Å². The summed E-state index contributed by atoms with van der Waals surface area (Å²) in [5.74, 6) is 1.32. The molecule has 1 unspecified atom stereocenters. The minimum Gasteiger partial charge on any atom is -0.328 e. The number of thiophene rings is 1. The fraction of sp³-hybridized carbons (Fsp3) is 0.375. The summed E-state index contributed by atoms with van der Waals surface area (Å²) in [6.07, 6.45) is 1.66. The second-order valence-electron chi connectivity index (χ2n) is 5.83. The van der Waals surface area contributed by atoms with Gasteiger partial charge in [-0.05, 0) is 33.3 Å². The Balaban J connectivity index is 1.67. The van der Waals surface area contributed by atoms with Crippen LogP contribution in [0.15, 0.2) is 11.0 Å². The van der Waals surface area contributed by atoms with Gasteiger partial charge in [0, 0.05) is 16.8 Å². The highest BCUT2D eigenvalue weighted by Crippen LogP contribution is 2.26. The summed E-state index contributed by atoms with van der Waals surface area (Å²) in [7, 11) is 0. The van der Waals surface area contributed by atoms with E-state index in [4.69, 9.17) is 0 Å². The largest absolute Gasteiger partial charge is 0.328 e. The number of fused-ring (bicyclic) bond motifs is 1. The summed E-state index contributed by atoms with van der Waals surface area (Å²) in [6.45, 7) is 7.60. The number of carbonyl (C=O) groups is 1. The highest BCUT2D eigenvalue weighted by Gasteiger charge is 2.17. The van der Waals surface area contributed by atoms with Gasteiger partial charge in [0.05, 0.1) is 16.4 Å². The lowest BCUT2D eigenvalue weighted by atomic mass is 10.2. The van der Waals surface area contributed by atoms with Crippen molar-refractivity contribution in [2.45, 2.75) is 38.7 Å². The second-order valence-corrected chi connectivity index (χ2v) is 8.37. The fourth-order valence-corrected chi connectivity index (χ4v) is 4.15. The van der Waals surface area contributed by atoms with E-state index in [-0.39, 0.29) is 16.7 Å². The number of aromatic amines is 2. The number of imidazole rings is 1. The van der Waals surface area contributed by atoms with Crippen LogP contribution < -0.4 is 10.9 Å². The molecule has 0 saturated heterocycles. The number of aryl methyl sites for hydroxylation is 3. The van der Waals surface area contributed by atoms with E-state index in [9.17, 15) is 9.59 Å². The average Bonchev–Trinajstić information content (AvgIpc) is 3.08. The molecule has 3 heterocycles. The second kappa shape index (κ2) is 7.01. The number of nitrogens with zero attached hydrogens (tertiary/aromatic N) is 2. The number of H-pyrrole nitrogens is 2. The summed E-state index contributed by atoms with van der Waals surface area (Å²) in [4.78, 5) is 40.7. The number of nitrogens with one attached hydrogen (secondary N) is 3. The molecule has 0 aromatic carbocycles. The Morgan fingerprint density at radius 3 is 2.80 bits per heavy atom. The first-order valence-electron chi connectivity index (χ1n) is 7.78. The number of anilines is 1. The van der Waals surface area contributed by atoms with Crippen molar-refractivity contribution < 1.29 is 4.79 Å². The van der Waals surface area contributed by atoms with E-state index in [1.807, 2.05) is 27.7 Å². The number of aromatic nitrogens is 4. The number of thioether (sulfide) groups is 1. The molecular formula is C16H19N5O2S2. The van der Waals surface area contributed by atoms with Crippen LogP contribution in [-0.4, -0.2) is 31.1 Å². The van der Waals surface area contributed by atoms with Crippen LogP contribution in [0.4, 0.5) is 5.95 Å². The van der Waals surface area contributed by atoms with Crippen LogP contribution in [0.2, 0.25) is 0 Å². The van der Waals surface area contributed by atoms with Crippen molar-refractivity contribution in [3.05, 3.63) is 38.5 Å². The van der Waals surface area contributed by atoms with Crippen LogP contribution in [0, 0.1) is 20.8 Å². The summed E-state index contributed by atoms with van der Waals surface area (Å²) < 4.78 is 0. The first kappa shape index (κ1) is 17.7. The fourth-order valence-electron chi connectivity index (χ4n) is 2.34. The van der Waals surface area contributed by atoms with Crippen molar-refractivity contribution in [3.8, 4) is 0 Å². The summed E-state index contributed by atoms with van der Waals surface area (Å²) >= 11 is 2.93. The lowest BCUT2D eigenvalue weighted by Gasteiger charge is -2.10. The van der Waals surface area contributed by atoms with Crippen molar-refractivity contribution in [2.75, 3.05) is 5.32 Å². The molecule has 3 aromatic heterocycles. The van der Waals surface area contributed by atoms with Gasteiger partial charge in [-0.3, -0.25) is 14.9 Å². The number of amides is 1. The van der Waals surface area contributed by atoms with Crippen LogP contribution >= 0.6 is 23.1 Å². The van der Waals surface area contributed by atoms with E-state index < -0.39 is 0 Å². The molecule has 9 heteroatoms. The molecular weight excluding hydrogens is 358 g/mol. The Labute approximate surface area is 152 Å². The Morgan fingerprint density at radius 1 is 1.36 bits per heavy atom. The molecule has 0 aliphatic rings. The molecule has 132 valence electrons. The molecule has 0 bridgehead atoms. The van der Waals surface area contributed by atoms with Gasteiger partial charge >= 0.3 is 0 Å². The summed E-state index contributed by atoms with van der Waals surface area (Å²) in [5.41, 5.74) is 1.74. The monoisotopic (exact) mass is 377 g/mol. The molecule has 0 aliphatic heterocycles. The van der Waals surface area contributed by atoms with Gasteiger partial charge in [-0.25, -0.2) is 9.97 Å².